The molecule has 1 heterocycles. The molecule has 27 heavy (non-hydrogen) atoms. The molecule has 3 aromatic rings. The monoisotopic (exact) mass is 402 g/mol. The van der Waals surface area contributed by atoms with Crippen molar-refractivity contribution in [3.05, 3.63) is 71.0 Å². The molecule has 1 aromatic heterocycles. The van der Waals surface area contributed by atoms with Gasteiger partial charge in [-0.05, 0) is 48.9 Å². The molecule has 0 aliphatic rings. The highest BCUT2D eigenvalue weighted by Crippen LogP contribution is 2.27. The highest BCUT2D eigenvalue weighted by Gasteiger charge is 2.16. The molecule has 0 aliphatic carbocycles. The van der Waals surface area contributed by atoms with Gasteiger partial charge in [0.05, 0.1) is 12.4 Å². The largest absolute Gasteiger partial charge is 0.497 e. The lowest BCUT2D eigenvalue weighted by Crippen LogP contribution is -2.22. The molecule has 0 fully saturated rings. The number of nitrogens with zero attached hydrogens (tertiary/aromatic N) is 1. The van der Waals surface area contributed by atoms with Crippen LogP contribution in [0.1, 0.15) is 17.4 Å². The Balaban J connectivity index is 1.55. The van der Waals surface area contributed by atoms with Crippen LogP contribution in [0.4, 0.5) is 9.52 Å². The lowest BCUT2D eigenvalue weighted by atomic mass is 10.1. The first-order valence-electron chi connectivity index (χ1n) is 8.34. The van der Waals surface area contributed by atoms with E-state index in [0.29, 0.717) is 11.6 Å². The van der Waals surface area contributed by atoms with Crippen LogP contribution in [0.5, 0.6) is 5.75 Å². The number of amides is 1. The predicted molar refractivity (Wildman–Crippen MR) is 108 cm³/mol. The van der Waals surface area contributed by atoms with Gasteiger partial charge >= 0.3 is 0 Å². The summed E-state index contributed by atoms with van der Waals surface area (Å²) >= 11 is 2.90. The first-order chi connectivity index (χ1) is 13.0. The van der Waals surface area contributed by atoms with Crippen LogP contribution in [-0.4, -0.2) is 23.3 Å². The van der Waals surface area contributed by atoms with E-state index in [9.17, 15) is 9.18 Å². The second-order valence-corrected chi connectivity index (χ2v) is 8.39. The van der Waals surface area contributed by atoms with Crippen LogP contribution in [0.15, 0.2) is 59.6 Å². The molecule has 2 aromatic carbocycles. The zero-order chi connectivity index (χ0) is 19.2. The number of carbonyl (C=O) groups is 1. The van der Waals surface area contributed by atoms with Crippen LogP contribution in [-0.2, 0) is 11.2 Å². The fourth-order valence-corrected chi connectivity index (χ4v) is 4.09. The number of carbonyl (C=O) groups excluding carboxylic acids is 1. The molecule has 4 nitrogen and oxygen atoms in total. The third-order valence-electron chi connectivity index (χ3n) is 3.82. The third-order valence-corrected chi connectivity index (χ3v) is 5.84. The van der Waals surface area contributed by atoms with Gasteiger partial charge in [0.15, 0.2) is 5.13 Å². The molecule has 0 saturated heterocycles. The van der Waals surface area contributed by atoms with E-state index in [0.717, 1.165) is 21.1 Å². The van der Waals surface area contributed by atoms with Crippen molar-refractivity contribution < 1.29 is 13.9 Å². The molecular weight excluding hydrogens is 383 g/mol. The number of ether oxygens (including phenoxy) is 1. The number of methoxy groups -OCH3 is 1. The maximum atomic E-state index is 13.0. The lowest BCUT2D eigenvalue weighted by molar-refractivity contribution is -0.115. The van der Waals surface area contributed by atoms with Crippen LogP contribution in [0.2, 0.25) is 0 Å². The van der Waals surface area contributed by atoms with Crippen LogP contribution in [0.3, 0.4) is 0 Å². The van der Waals surface area contributed by atoms with E-state index in [1.165, 1.54) is 35.2 Å². The van der Waals surface area contributed by atoms with Crippen LogP contribution in [0, 0.1) is 5.82 Å². The Labute approximate surface area is 165 Å². The average molecular weight is 403 g/mol. The summed E-state index contributed by atoms with van der Waals surface area (Å²) in [7, 11) is 1.62. The fourth-order valence-electron chi connectivity index (χ4n) is 2.37. The Bertz CT molecular complexity index is 895. The Morgan fingerprint density at radius 1 is 1.22 bits per heavy atom. The molecule has 0 spiro atoms. The first kappa shape index (κ1) is 19.4. The molecule has 0 bridgehead atoms. The topological polar surface area (TPSA) is 51.2 Å². The lowest BCUT2D eigenvalue weighted by Gasteiger charge is -2.10. The van der Waals surface area contributed by atoms with E-state index in [-0.39, 0.29) is 17.0 Å². The van der Waals surface area contributed by atoms with Gasteiger partial charge in [0.1, 0.15) is 11.6 Å². The average Bonchev–Trinajstić information content (AvgIpc) is 3.11. The zero-order valence-corrected chi connectivity index (χ0v) is 16.6. The van der Waals surface area contributed by atoms with Crippen molar-refractivity contribution in [3.8, 4) is 5.75 Å². The summed E-state index contributed by atoms with van der Waals surface area (Å²) in [5.74, 6) is 0.436. The summed E-state index contributed by atoms with van der Waals surface area (Å²) in [6.45, 7) is 1.86. The summed E-state index contributed by atoms with van der Waals surface area (Å²) < 4.78 is 18.1. The zero-order valence-electron chi connectivity index (χ0n) is 14.9. The molecule has 1 amide bonds. The van der Waals surface area contributed by atoms with Crippen molar-refractivity contribution in [2.45, 2.75) is 23.5 Å². The Hall–Kier alpha value is -2.38. The van der Waals surface area contributed by atoms with Gasteiger partial charge in [-0.2, -0.15) is 0 Å². The van der Waals surface area contributed by atoms with Gasteiger partial charge in [-0.1, -0.05) is 12.1 Å². The molecule has 0 aliphatic heterocycles. The summed E-state index contributed by atoms with van der Waals surface area (Å²) in [5, 5.41) is 3.17. The van der Waals surface area contributed by atoms with Crippen LogP contribution >= 0.6 is 23.1 Å². The highest BCUT2D eigenvalue weighted by atomic mass is 32.2. The summed E-state index contributed by atoms with van der Waals surface area (Å²) in [6.07, 6.45) is 2.40. The second-order valence-electron chi connectivity index (χ2n) is 5.86. The minimum atomic E-state index is -0.261. The number of aromatic nitrogens is 1. The minimum absolute atomic E-state index is 0.0986. The maximum Gasteiger partial charge on any atom is 0.239 e. The van der Waals surface area contributed by atoms with Crippen molar-refractivity contribution in [2.24, 2.45) is 0 Å². The Morgan fingerprint density at radius 2 is 1.93 bits per heavy atom. The fraction of sp³-hybridized carbons (Fsp3) is 0.200. The van der Waals surface area contributed by atoms with Gasteiger partial charge in [0.2, 0.25) is 5.91 Å². The number of rotatable bonds is 7. The van der Waals surface area contributed by atoms with E-state index >= 15 is 0 Å². The molecule has 0 saturated carbocycles. The number of halogens is 1. The molecule has 3 rings (SSSR count). The summed E-state index contributed by atoms with van der Waals surface area (Å²) in [6, 6.07) is 14.0. The molecule has 1 atom stereocenters. The van der Waals surface area contributed by atoms with Gasteiger partial charge in [0.25, 0.3) is 0 Å². The number of benzene rings is 2. The minimum Gasteiger partial charge on any atom is -0.497 e. The van der Waals surface area contributed by atoms with Gasteiger partial charge in [0, 0.05) is 22.4 Å². The standard InChI is InChI=1S/C20H19FN2O2S2/c1-13(26-17-9-7-16(25-2)8-10-17)19(24)23-20-22-12-18(27-20)11-14-3-5-15(21)6-4-14/h3-10,12-13H,11H2,1-2H3,(H,22,23,24). The number of nitrogens with one attached hydrogen (secondary N) is 1. The summed E-state index contributed by atoms with van der Waals surface area (Å²) in [4.78, 5) is 18.7. The van der Waals surface area contributed by atoms with Gasteiger partial charge in [-0.15, -0.1) is 23.1 Å². The molecule has 140 valence electrons. The third kappa shape index (κ3) is 5.55. The van der Waals surface area contributed by atoms with E-state index in [1.54, 1.807) is 25.4 Å². The number of hydrogen-bond acceptors (Lipinski definition) is 5. The van der Waals surface area contributed by atoms with E-state index in [2.05, 4.69) is 10.3 Å². The molecule has 1 N–H and O–H groups in total. The van der Waals surface area contributed by atoms with Crippen molar-refractivity contribution in [1.29, 1.82) is 0 Å². The molecular formula is C20H19FN2O2S2. The summed E-state index contributed by atoms with van der Waals surface area (Å²) in [5.41, 5.74) is 1.00. The maximum absolute atomic E-state index is 13.0. The van der Waals surface area contributed by atoms with Crippen LogP contribution < -0.4 is 10.1 Å². The van der Waals surface area contributed by atoms with Crippen molar-refractivity contribution >= 4 is 34.1 Å². The van der Waals surface area contributed by atoms with Gasteiger partial charge < -0.3 is 10.1 Å². The second kappa shape index (κ2) is 9.01. The molecule has 1 unspecified atom stereocenters. The Kier molecular flexibility index (Phi) is 6.47. The number of thiazole rings is 1. The van der Waals surface area contributed by atoms with Crippen molar-refractivity contribution in [2.75, 3.05) is 12.4 Å². The van der Waals surface area contributed by atoms with E-state index in [1.807, 2.05) is 31.2 Å². The SMILES string of the molecule is COc1ccc(SC(C)C(=O)Nc2ncc(Cc3ccc(F)cc3)s2)cc1. The number of anilines is 1. The molecule has 7 heteroatoms. The highest BCUT2D eigenvalue weighted by molar-refractivity contribution is 8.00. The predicted octanol–water partition coefficient (Wildman–Crippen LogP) is 5.00. The van der Waals surface area contributed by atoms with E-state index in [4.69, 9.17) is 4.74 Å². The Morgan fingerprint density at radius 3 is 2.59 bits per heavy atom. The van der Waals surface area contributed by atoms with Gasteiger partial charge in [-0.3, -0.25) is 4.79 Å². The van der Waals surface area contributed by atoms with Crippen LogP contribution in [0.25, 0.3) is 0 Å². The number of hydrogen-bond donors (Lipinski definition) is 1. The quantitative estimate of drug-likeness (QED) is 0.565. The first-order valence-corrected chi connectivity index (χ1v) is 10.0. The van der Waals surface area contributed by atoms with Gasteiger partial charge in [-0.25, -0.2) is 9.37 Å². The molecule has 0 radical (unpaired) electrons. The van der Waals surface area contributed by atoms with Crippen molar-refractivity contribution in [3.63, 3.8) is 0 Å². The number of thioether (sulfide) groups is 1. The van der Waals surface area contributed by atoms with Crippen molar-refractivity contribution in [1.82, 2.24) is 4.98 Å². The normalized spacial score (nSPS) is 11.8. The smallest absolute Gasteiger partial charge is 0.239 e. The van der Waals surface area contributed by atoms with E-state index < -0.39 is 0 Å².